The van der Waals surface area contributed by atoms with Crippen LogP contribution in [0.1, 0.15) is 11.7 Å². The van der Waals surface area contributed by atoms with Crippen LogP contribution in [0, 0.1) is 5.82 Å². The van der Waals surface area contributed by atoms with E-state index in [1.165, 1.54) is 23.5 Å². The van der Waals surface area contributed by atoms with Gasteiger partial charge in [0, 0.05) is 11.1 Å². The Morgan fingerprint density at radius 1 is 1.50 bits per heavy atom. The van der Waals surface area contributed by atoms with Crippen molar-refractivity contribution in [2.75, 3.05) is 11.9 Å². The molecule has 16 heavy (non-hydrogen) atoms. The molecular formula is C11H11FN2OS. The van der Waals surface area contributed by atoms with Crippen molar-refractivity contribution in [2.45, 2.75) is 6.04 Å². The van der Waals surface area contributed by atoms with E-state index in [2.05, 4.69) is 10.3 Å². The third kappa shape index (κ3) is 2.56. The van der Waals surface area contributed by atoms with E-state index in [-0.39, 0.29) is 18.5 Å². The van der Waals surface area contributed by atoms with E-state index in [9.17, 15) is 9.50 Å². The molecule has 0 saturated carbocycles. The summed E-state index contributed by atoms with van der Waals surface area (Å²) in [5.41, 5.74) is 3.09. The highest BCUT2D eigenvalue weighted by Gasteiger charge is 2.11. The van der Waals surface area contributed by atoms with Gasteiger partial charge in [0.05, 0.1) is 23.9 Å². The minimum absolute atomic E-state index is 0.0831. The maximum atomic E-state index is 12.9. The van der Waals surface area contributed by atoms with Crippen LogP contribution in [0.4, 0.5) is 10.1 Å². The summed E-state index contributed by atoms with van der Waals surface area (Å²) >= 11 is 1.46. The molecule has 2 aromatic rings. The lowest BCUT2D eigenvalue weighted by molar-refractivity contribution is 0.274. The molecule has 5 heteroatoms. The molecule has 2 N–H and O–H groups in total. The predicted molar refractivity (Wildman–Crippen MR) is 62.0 cm³/mol. The van der Waals surface area contributed by atoms with E-state index in [1.807, 2.05) is 5.38 Å². The SMILES string of the molecule is OCC(Nc1cccc(F)c1)c1cscn1. The molecule has 0 fully saturated rings. The fourth-order valence-electron chi connectivity index (χ4n) is 1.39. The molecule has 1 heterocycles. The molecule has 0 aliphatic heterocycles. The van der Waals surface area contributed by atoms with Crippen LogP contribution >= 0.6 is 11.3 Å². The second kappa shape index (κ2) is 5.05. The summed E-state index contributed by atoms with van der Waals surface area (Å²) in [5, 5.41) is 14.1. The fourth-order valence-corrected chi connectivity index (χ4v) is 1.99. The van der Waals surface area contributed by atoms with Crippen LogP contribution in [0.25, 0.3) is 0 Å². The van der Waals surface area contributed by atoms with Crippen molar-refractivity contribution in [3.8, 4) is 0 Å². The van der Waals surface area contributed by atoms with Gasteiger partial charge in [0.2, 0.25) is 0 Å². The molecule has 0 saturated heterocycles. The number of hydrogen-bond donors (Lipinski definition) is 2. The highest BCUT2D eigenvalue weighted by atomic mass is 32.1. The van der Waals surface area contributed by atoms with Gasteiger partial charge in [-0.1, -0.05) is 6.07 Å². The number of nitrogens with one attached hydrogen (secondary N) is 1. The molecule has 0 amide bonds. The van der Waals surface area contributed by atoms with Crippen LogP contribution < -0.4 is 5.32 Å². The molecule has 3 nitrogen and oxygen atoms in total. The number of aliphatic hydroxyl groups is 1. The average molecular weight is 238 g/mol. The Balaban J connectivity index is 2.13. The van der Waals surface area contributed by atoms with Crippen LogP contribution in [0.2, 0.25) is 0 Å². The van der Waals surface area contributed by atoms with Gasteiger partial charge in [0.1, 0.15) is 5.82 Å². The number of rotatable bonds is 4. The topological polar surface area (TPSA) is 45.1 Å². The van der Waals surface area contributed by atoms with Gasteiger partial charge >= 0.3 is 0 Å². The Bertz CT molecular complexity index is 447. The van der Waals surface area contributed by atoms with E-state index in [0.29, 0.717) is 5.69 Å². The molecule has 84 valence electrons. The van der Waals surface area contributed by atoms with Gasteiger partial charge in [-0.05, 0) is 18.2 Å². The highest BCUT2D eigenvalue weighted by molar-refractivity contribution is 7.07. The summed E-state index contributed by atoms with van der Waals surface area (Å²) in [4.78, 5) is 4.11. The summed E-state index contributed by atoms with van der Waals surface area (Å²) in [6.45, 7) is -0.0831. The Hall–Kier alpha value is -1.46. The van der Waals surface area contributed by atoms with Crippen LogP contribution in [0.5, 0.6) is 0 Å². The van der Waals surface area contributed by atoms with Crippen molar-refractivity contribution in [1.82, 2.24) is 4.98 Å². The number of nitrogens with zero attached hydrogens (tertiary/aromatic N) is 1. The van der Waals surface area contributed by atoms with Crippen molar-refractivity contribution < 1.29 is 9.50 Å². The second-order valence-corrected chi connectivity index (χ2v) is 4.02. The van der Waals surface area contributed by atoms with E-state index in [1.54, 1.807) is 17.6 Å². The first-order chi connectivity index (χ1) is 7.79. The van der Waals surface area contributed by atoms with Gasteiger partial charge in [-0.2, -0.15) is 0 Å². The van der Waals surface area contributed by atoms with Crippen molar-refractivity contribution in [2.24, 2.45) is 0 Å². The fraction of sp³-hybridized carbons (Fsp3) is 0.182. The molecule has 1 atom stereocenters. The Morgan fingerprint density at radius 2 is 2.38 bits per heavy atom. The number of benzene rings is 1. The summed E-state index contributed by atoms with van der Waals surface area (Å²) in [5.74, 6) is -0.306. The Kier molecular flexibility index (Phi) is 3.48. The van der Waals surface area contributed by atoms with Gasteiger partial charge in [0.15, 0.2) is 0 Å². The third-order valence-corrected chi connectivity index (χ3v) is 2.76. The maximum absolute atomic E-state index is 12.9. The smallest absolute Gasteiger partial charge is 0.125 e. The lowest BCUT2D eigenvalue weighted by atomic mass is 10.2. The predicted octanol–water partition coefficient (Wildman–Crippen LogP) is 2.43. The van der Waals surface area contributed by atoms with Crippen LogP contribution in [-0.2, 0) is 0 Å². The lowest BCUT2D eigenvalue weighted by Crippen LogP contribution is -2.15. The minimum atomic E-state index is -0.306. The molecule has 0 bridgehead atoms. The molecule has 0 aliphatic carbocycles. The van der Waals surface area contributed by atoms with Crippen molar-refractivity contribution in [1.29, 1.82) is 0 Å². The summed E-state index contributed by atoms with van der Waals surface area (Å²) in [6, 6.07) is 5.83. The molecule has 0 radical (unpaired) electrons. The molecule has 1 aromatic heterocycles. The van der Waals surface area contributed by atoms with Gasteiger partial charge in [0.25, 0.3) is 0 Å². The van der Waals surface area contributed by atoms with Crippen molar-refractivity contribution in [3.05, 3.63) is 46.7 Å². The van der Waals surface area contributed by atoms with E-state index in [0.717, 1.165) is 5.69 Å². The Morgan fingerprint density at radius 3 is 3.00 bits per heavy atom. The number of anilines is 1. The minimum Gasteiger partial charge on any atom is -0.394 e. The number of hydrogen-bond acceptors (Lipinski definition) is 4. The molecule has 2 rings (SSSR count). The first kappa shape index (κ1) is 11.0. The summed E-state index contributed by atoms with van der Waals surface area (Å²) in [6.07, 6.45) is 0. The largest absolute Gasteiger partial charge is 0.394 e. The summed E-state index contributed by atoms with van der Waals surface area (Å²) in [7, 11) is 0. The number of aromatic nitrogens is 1. The van der Waals surface area contributed by atoms with E-state index >= 15 is 0 Å². The molecule has 1 unspecified atom stereocenters. The zero-order valence-corrected chi connectivity index (χ0v) is 9.25. The molecule has 0 aliphatic rings. The lowest BCUT2D eigenvalue weighted by Gasteiger charge is -2.15. The number of aliphatic hydroxyl groups excluding tert-OH is 1. The van der Waals surface area contributed by atoms with Crippen molar-refractivity contribution in [3.63, 3.8) is 0 Å². The van der Waals surface area contributed by atoms with Crippen molar-refractivity contribution >= 4 is 17.0 Å². The molecular weight excluding hydrogens is 227 g/mol. The van der Waals surface area contributed by atoms with Gasteiger partial charge in [-0.25, -0.2) is 9.37 Å². The normalized spacial score (nSPS) is 12.4. The first-order valence-electron chi connectivity index (χ1n) is 4.80. The van der Waals surface area contributed by atoms with Crippen LogP contribution in [0.3, 0.4) is 0 Å². The van der Waals surface area contributed by atoms with Gasteiger partial charge < -0.3 is 10.4 Å². The average Bonchev–Trinajstić information content (AvgIpc) is 2.79. The van der Waals surface area contributed by atoms with Crippen LogP contribution in [0.15, 0.2) is 35.2 Å². The maximum Gasteiger partial charge on any atom is 0.125 e. The molecule has 0 spiro atoms. The van der Waals surface area contributed by atoms with Gasteiger partial charge in [-0.15, -0.1) is 11.3 Å². The standard InChI is InChI=1S/C11H11FN2OS/c12-8-2-1-3-9(4-8)14-10(5-15)11-6-16-7-13-11/h1-4,6-7,10,14-15H,5H2. The zero-order chi connectivity index (χ0) is 11.4. The van der Waals surface area contributed by atoms with Gasteiger partial charge in [-0.3, -0.25) is 0 Å². The van der Waals surface area contributed by atoms with Crippen LogP contribution in [-0.4, -0.2) is 16.7 Å². The Labute approximate surface area is 96.6 Å². The quantitative estimate of drug-likeness (QED) is 0.859. The third-order valence-electron chi connectivity index (χ3n) is 2.16. The van der Waals surface area contributed by atoms with E-state index in [4.69, 9.17) is 0 Å². The monoisotopic (exact) mass is 238 g/mol. The number of halogens is 1. The van der Waals surface area contributed by atoms with E-state index < -0.39 is 0 Å². The second-order valence-electron chi connectivity index (χ2n) is 3.30. The first-order valence-corrected chi connectivity index (χ1v) is 5.75. The summed E-state index contributed by atoms with van der Waals surface area (Å²) < 4.78 is 12.9. The number of thiazole rings is 1. The highest BCUT2D eigenvalue weighted by Crippen LogP contribution is 2.19. The molecule has 1 aromatic carbocycles. The zero-order valence-electron chi connectivity index (χ0n) is 8.43.